The Balaban J connectivity index is 1.44. The summed E-state index contributed by atoms with van der Waals surface area (Å²) in [6.07, 6.45) is 1.43. The van der Waals surface area contributed by atoms with E-state index in [-0.39, 0.29) is 11.7 Å². The lowest BCUT2D eigenvalue weighted by Gasteiger charge is -2.10. The minimum absolute atomic E-state index is 0.187. The highest BCUT2D eigenvalue weighted by Gasteiger charge is 2.08. The summed E-state index contributed by atoms with van der Waals surface area (Å²) in [5.74, 6) is 0.0728. The van der Waals surface area contributed by atoms with Gasteiger partial charge in [0, 0.05) is 34.4 Å². The lowest BCUT2D eigenvalue weighted by molar-refractivity contribution is 0.0951. The molecular formula is C24H18ClFN4O. The van der Waals surface area contributed by atoms with E-state index in [9.17, 15) is 9.18 Å². The maximum Gasteiger partial charge on any atom is 0.251 e. The van der Waals surface area contributed by atoms with Gasteiger partial charge in [-0.1, -0.05) is 29.8 Å². The van der Waals surface area contributed by atoms with Crippen molar-refractivity contribution in [3.8, 4) is 11.3 Å². The van der Waals surface area contributed by atoms with E-state index in [0.29, 0.717) is 34.3 Å². The van der Waals surface area contributed by atoms with Crippen molar-refractivity contribution in [3.63, 3.8) is 0 Å². The van der Waals surface area contributed by atoms with Gasteiger partial charge in [0.25, 0.3) is 5.91 Å². The van der Waals surface area contributed by atoms with Gasteiger partial charge in [0.2, 0.25) is 0 Å². The van der Waals surface area contributed by atoms with Crippen LogP contribution in [0.4, 0.5) is 15.9 Å². The van der Waals surface area contributed by atoms with Gasteiger partial charge < -0.3 is 10.6 Å². The Bertz CT molecular complexity index is 1200. The molecule has 0 spiro atoms. The molecule has 0 saturated carbocycles. The molecule has 0 bridgehead atoms. The van der Waals surface area contributed by atoms with E-state index in [2.05, 4.69) is 20.6 Å². The molecule has 31 heavy (non-hydrogen) atoms. The smallest absolute Gasteiger partial charge is 0.251 e. The molecule has 1 amide bonds. The monoisotopic (exact) mass is 432 g/mol. The fourth-order valence-corrected chi connectivity index (χ4v) is 3.10. The van der Waals surface area contributed by atoms with Crippen LogP contribution in [0.5, 0.6) is 0 Å². The van der Waals surface area contributed by atoms with Gasteiger partial charge in [-0.3, -0.25) is 4.79 Å². The zero-order valence-corrected chi connectivity index (χ0v) is 17.1. The molecule has 154 valence electrons. The van der Waals surface area contributed by atoms with Gasteiger partial charge in [-0.05, 0) is 60.2 Å². The maximum atomic E-state index is 13.2. The largest absolute Gasteiger partial charge is 0.348 e. The molecule has 0 saturated heterocycles. The highest BCUT2D eigenvalue weighted by molar-refractivity contribution is 6.30. The van der Waals surface area contributed by atoms with Gasteiger partial charge >= 0.3 is 0 Å². The summed E-state index contributed by atoms with van der Waals surface area (Å²) in [6.45, 7) is 0.403. The van der Waals surface area contributed by atoms with Crippen LogP contribution >= 0.6 is 11.6 Å². The van der Waals surface area contributed by atoms with Gasteiger partial charge in [-0.15, -0.1) is 0 Å². The van der Waals surface area contributed by atoms with Crippen molar-refractivity contribution in [3.05, 3.63) is 107 Å². The number of carbonyl (C=O) groups excluding carboxylic acids is 1. The number of hydrogen-bond donors (Lipinski definition) is 2. The summed E-state index contributed by atoms with van der Waals surface area (Å²) in [4.78, 5) is 21.0. The minimum Gasteiger partial charge on any atom is -0.348 e. The van der Waals surface area contributed by atoms with Crippen LogP contribution in [0.3, 0.4) is 0 Å². The van der Waals surface area contributed by atoms with Crippen molar-refractivity contribution in [1.29, 1.82) is 0 Å². The topological polar surface area (TPSA) is 66.9 Å². The van der Waals surface area contributed by atoms with E-state index in [1.165, 1.54) is 18.5 Å². The molecule has 2 N–H and O–H groups in total. The van der Waals surface area contributed by atoms with Crippen LogP contribution in [-0.2, 0) is 6.54 Å². The third-order valence-corrected chi connectivity index (χ3v) is 4.82. The molecule has 1 heterocycles. The predicted octanol–water partition coefficient (Wildman–Crippen LogP) is 5.61. The molecule has 0 fully saturated rings. The van der Waals surface area contributed by atoms with Crippen LogP contribution in [0.2, 0.25) is 5.02 Å². The Kier molecular flexibility index (Phi) is 6.19. The van der Waals surface area contributed by atoms with Gasteiger partial charge in [0.05, 0.1) is 5.69 Å². The summed E-state index contributed by atoms with van der Waals surface area (Å²) in [6, 6.07) is 22.3. The van der Waals surface area contributed by atoms with Crippen LogP contribution in [-0.4, -0.2) is 15.9 Å². The first-order valence-electron chi connectivity index (χ1n) is 9.54. The lowest BCUT2D eigenvalue weighted by Crippen LogP contribution is -2.22. The van der Waals surface area contributed by atoms with Gasteiger partial charge in [0.15, 0.2) is 0 Å². The molecule has 4 rings (SSSR count). The molecule has 3 aromatic carbocycles. The fraction of sp³-hybridized carbons (Fsp3) is 0.0417. The second-order valence-corrected chi connectivity index (χ2v) is 7.25. The average molecular weight is 433 g/mol. The third kappa shape index (κ3) is 5.43. The summed E-state index contributed by atoms with van der Waals surface area (Å²) in [5, 5.41) is 6.73. The van der Waals surface area contributed by atoms with Crippen LogP contribution in [0.1, 0.15) is 15.9 Å². The standard InChI is InChI=1S/C24H18ClFN4O/c25-19-8-4-16(5-9-19)14-27-24(31)18-2-1-3-21(12-18)30-23-13-22(28-15-29-23)17-6-10-20(26)11-7-17/h1-13,15H,14H2,(H,27,31)(H,28,29,30). The highest BCUT2D eigenvalue weighted by Crippen LogP contribution is 2.22. The number of nitrogens with zero attached hydrogens (tertiary/aromatic N) is 2. The molecule has 4 aromatic rings. The number of benzene rings is 3. The van der Waals surface area contributed by atoms with E-state index < -0.39 is 0 Å². The Labute approximate surface area is 184 Å². The van der Waals surface area contributed by atoms with Crippen molar-refractivity contribution >= 4 is 29.0 Å². The first kappa shape index (κ1) is 20.5. The zero-order chi connectivity index (χ0) is 21.6. The minimum atomic E-state index is -0.303. The second kappa shape index (κ2) is 9.36. The molecule has 0 aliphatic carbocycles. The van der Waals surface area contributed by atoms with Crippen LogP contribution in [0, 0.1) is 5.82 Å². The predicted molar refractivity (Wildman–Crippen MR) is 120 cm³/mol. The van der Waals surface area contributed by atoms with Gasteiger partial charge in [0.1, 0.15) is 18.0 Å². The van der Waals surface area contributed by atoms with E-state index in [1.807, 2.05) is 18.2 Å². The van der Waals surface area contributed by atoms with E-state index in [0.717, 1.165) is 11.1 Å². The first-order chi connectivity index (χ1) is 15.1. The number of halogens is 2. The molecule has 0 radical (unpaired) electrons. The van der Waals surface area contributed by atoms with Crippen molar-refractivity contribution in [1.82, 2.24) is 15.3 Å². The average Bonchev–Trinajstić information content (AvgIpc) is 2.79. The summed E-state index contributed by atoms with van der Waals surface area (Å²) in [7, 11) is 0. The maximum absolute atomic E-state index is 13.2. The Morgan fingerprint density at radius 2 is 1.71 bits per heavy atom. The summed E-state index contributed by atoms with van der Waals surface area (Å²) in [5.41, 5.74) is 3.63. The number of carbonyl (C=O) groups is 1. The molecule has 0 aliphatic heterocycles. The number of amides is 1. The summed E-state index contributed by atoms with van der Waals surface area (Å²) >= 11 is 5.89. The van der Waals surface area contributed by atoms with Crippen LogP contribution < -0.4 is 10.6 Å². The Morgan fingerprint density at radius 3 is 2.48 bits per heavy atom. The SMILES string of the molecule is O=C(NCc1ccc(Cl)cc1)c1cccc(Nc2cc(-c3ccc(F)cc3)ncn2)c1. The van der Waals surface area contributed by atoms with E-state index in [4.69, 9.17) is 11.6 Å². The number of aromatic nitrogens is 2. The number of anilines is 2. The molecule has 1 aromatic heterocycles. The molecule has 0 aliphatic rings. The molecule has 7 heteroatoms. The molecular weight excluding hydrogens is 415 g/mol. The Morgan fingerprint density at radius 1 is 0.935 bits per heavy atom. The fourth-order valence-electron chi connectivity index (χ4n) is 2.98. The lowest BCUT2D eigenvalue weighted by atomic mass is 10.1. The van der Waals surface area contributed by atoms with Crippen molar-refractivity contribution < 1.29 is 9.18 Å². The van der Waals surface area contributed by atoms with E-state index in [1.54, 1.807) is 48.5 Å². The molecule has 0 atom stereocenters. The van der Waals surface area contributed by atoms with E-state index >= 15 is 0 Å². The highest BCUT2D eigenvalue weighted by atomic mass is 35.5. The molecule has 0 unspecified atom stereocenters. The Hall–Kier alpha value is -3.77. The van der Waals surface area contributed by atoms with Gasteiger partial charge in [-0.25, -0.2) is 14.4 Å². The third-order valence-electron chi connectivity index (χ3n) is 4.57. The normalized spacial score (nSPS) is 10.5. The second-order valence-electron chi connectivity index (χ2n) is 6.81. The van der Waals surface area contributed by atoms with Crippen molar-refractivity contribution in [2.45, 2.75) is 6.54 Å². The zero-order valence-electron chi connectivity index (χ0n) is 16.3. The molecule has 5 nitrogen and oxygen atoms in total. The first-order valence-corrected chi connectivity index (χ1v) is 9.92. The number of nitrogens with one attached hydrogen (secondary N) is 2. The van der Waals surface area contributed by atoms with Crippen LogP contribution in [0.25, 0.3) is 11.3 Å². The summed E-state index contributed by atoms with van der Waals surface area (Å²) < 4.78 is 13.2. The number of rotatable bonds is 6. The number of hydrogen-bond acceptors (Lipinski definition) is 4. The van der Waals surface area contributed by atoms with Crippen molar-refractivity contribution in [2.24, 2.45) is 0 Å². The van der Waals surface area contributed by atoms with Crippen LogP contribution in [0.15, 0.2) is 85.2 Å². The van der Waals surface area contributed by atoms with Crippen molar-refractivity contribution in [2.75, 3.05) is 5.32 Å². The quantitative estimate of drug-likeness (QED) is 0.415. The van der Waals surface area contributed by atoms with Gasteiger partial charge in [-0.2, -0.15) is 0 Å².